The zero-order valence-electron chi connectivity index (χ0n) is 9.50. The molecular weight excluding hydrogens is 494 g/mol. The fourth-order valence-corrected chi connectivity index (χ4v) is 4.82. The Morgan fingerprint density at radius 2 is 1.85 bits per heavy atom. The highest BCUT2D eigenvalue weighted by molar-refractivity contribution is 9.13. The average Bonchev–Trinajstić information content (AvgIpc) is 2.99. The topological polar surface area (TPSA) is 56.5 Å². The molecule has 0 aliphatic heterocycles. The lowest BCUT2D eigenvalue weighted by Gasteiger charge is -2.02. The summed E-state index contributed by atoms with van der Waals surface area (Å²) in [6, 6.07) is 7.78. The Balaban J connectivity index is 1.92. The first-order valence-corrected chi connectivity index (χ1v) is 9.18. The molecule has 1 aromatic carbocycles. The number of halogens is 3. The van der Waals surface area contributed by atoms with Crippen LogP contribution in [0.3, 0.4) is 0 Å². The van der Waals surface area contributed by atoms with E-state index in [-0.39, 0.29) is 0 Å². The molecule has 0 aliphatic rings. The van der Waals surface area contributed by atoms with Crippen molar-refractivity contribution in [2.75, 3.05) is 0 Å². The summed E-state index contributed by atoms with van der Waals surface area (Å²) in [5, 5.41) is 12.5. The predicted octanol–water partition coefficient (Wildman–Crippen LogP) is 4.56. The van der Waals surface area contributed by atoms with E-state index in [0.29, 0.717) is 5.16 Å². The van der Waals surface area contributed by atoms with Gasteiger partial charge in [0.05, 0.1) is 5.69 Å². The van der Waals surface area contributed by atoms with Crippen LogP contribution in [0.25, 0.3) is 5.69 Å². The zero-order chi connectivity index (χ0) is 14.1. The van der Waals surface area contributed by atoms with E-state index in [2.05, 4.69) is 68.3 Å². The molecule has 0 saturated heterocycles. The highest BCUT2D eigenvalue weighted by Gasteiger charge is 2.14. The molecule has 3 rings (SSSR count). The third-order valence-corrected chi connectivity index (χ3v) is 6.82. The summed E-state index contributed by atoms with van der Waals surface area (Å²) in [4.78, 5) is 4.37. The lowest BCUT2D eigenvalue weighted by molar-refractivity contribution is 0.756. The largest absolute Gasteiger partial charge is 0.221 e. The molecule has 0 aliphatic carbocycles. The van der Waals surface area contributed by atoms with Crippen LogP contribution in [-0.2, 0) is 0 Å². The number of aromatic nitrogens is 5. The van der Waals surface area contributed by atoms with Crippen LogP contribution < -0.4 is 0 Å². The summed E-state index contributed by atoms with van der Waals surface area (Å²) in [5.41, 5.74) is 0.899. The van der Waals surface area contributed by atoms with Gasteiger partial charge in [-0.25, -0.2) is 4.98 Å². The van der Waals surface area contributed by atoms with Crippen molar-refractivity contribution in [3.8, 4) is 5.69 Å². The number of benzene rings is 1. The molecule has 102 valence electrons. The fraction of sp³-hybridized carbons (Fsp3) is 0. The molecule has 2 heterocycles. The maximum absolute atomic E-state index is 4.37. The average molecular weight is 498 g/mol. The van der Waals surface area contributed by atoms with Crippen LogP contribution in [0, 0.1) is 0 Å². The fourth-order valence-electron chi connectivity index (χ4n) is 1.37. The molecular formula is C10H4Br3N5S2. The summed E-state index contributed by atoms with van der Waals surface area (Å²) >= 11 is 13.1. The van der Waals surface area contributed by atoms with Crippen LogP contribution in [0.4, 0.5) is 0 Å². The van der Waals surface area contributed by atoms with Crippen molar-refractivity contribution < 1.29 is 0 Å². The SMILES string of the molecule is Brc1ccc(-n2nnnc2Sc2nc(Br)c(Br)s2)cc1. The molecule has 3 aromatic rings. The van der Waals surface area contributed by atoms with Gasteiger partial charge in [-0.15, -0.1) is 5.10 Å². The monoisotopic (exact) mass is 495 g/mol. The molecule has 0 unspecified atom stereocenters. The van der Waals surface area contributed by atoms with E-state index >= 15 is 0 Å². The maximum Gasteiger partial charge on any atom is 0.221 e. The summed E-state index contributed by atoms with van der Waals surface area (Å²) in [7, 11) is 0. The summed E-state index contributed by atoms with van der Waals surface area (Å²) in [5.74, 6) is 0. The molecule has 5 nitrogen and oxygen atoms in total. The van der Waals surface area contributed by atoms with Crippen LogP contribution in [0.1, 0.15) is 0 Å². The normalized spacial score (nSPS) is 10.9. The van der Waals surface area contributed by atoms with E-state index in [1.165, 1.54) is 23.1 Å². The van der Waals surface area contributed by atoms with E-state index in [1.807, 2.05) is 24.3 Å². The van der Waals surface area contributed by atoms with Crippen molar-refractivity contribution in [2.24, 2.45) is 0 Å². The van der Waals surface area contributed by atoms with Crippen molar-refractivity contribution in [3.63, 3.8) is 0 Å². The number of tetrazole rings is 1. The van der Waals surface area contributed by atoms with Crippen molar-refractivity contribution in [1.29, 1.82) is 0 Å². The van der Waals surface area contributed by atoms with Gasteiger partial charge in [-0.2, -0.15) is 4.68 Å². The summed E-state index contributed by atoms with van der Waals surface area (Å²) < 4.78 is 5.28. The third kappa shape index (κ3) is 3.14. The number of nitrogens with zero attached hydrogens (tertiary/aromatic N) is 5. The Hall–Kier alpha value is -0.290. The zero-order valence-corrected chi connectivity index (χ0v) is 15.9. The molecule has 0 amide bonds. The van der Waals surface area contributed by atoms with Gasteiger partial charge in [0.1, 0.15) is 8.39 Å². The van der Waals surface area contributed by atoms with Gasteiger partial charge < -0.3 is 0 Å². The Morgan fingerprint density at radius 1 is 1.10 bits per heavy atom. The highest BCUT2D eigenvalue weighted by atomic mass is 79.9. The molecule has 0 spiro atoms. The van der Waals surface area contributed by atoms with Gasteiger partial charge in [0.15, 0.2) is 4.34 Å². The van der Waals surface area contributed by atoms with Crippen molar-refractivity contribution in [1.82, 2.24) is 25.2 Å². The van der Waals surface area contributed by atoms with Gasteiger partial charge >= 0.3 is 0 Å². The minimum atomic E-state index is 0.668. The first-order valence-electron chi connectivity index (χ1n) is 5.17. The molecule has 0 saturated carbocycles. The lowest BCUT2D eigenvalue weighted by atomic mass is 10.3. The van der Waals surface area contributed by atoms with E-state index in [4.69, 9.17) is 0 Å². The van der Waals surface area contributed by atoms with Crippen molar-refractivity contribution in [2.45, 2.75) is 9.50 Å². The van der Waals surface area contributed by atoms with E-state index in [9.17, 15) is 0 Å². The highest BCUT2D eigenvalue weighted by Crippen LogP contribution is 2.37. The second kappa shape index (κ2) is 6.22. The predicted molar refractivity (Wildman–Crippen MR) is 88.5 cm³/mol. The maximum atomic E-state index is 4.37. The molecule has 0 atom stereocenters. The Labute approximate surface area is 147 Å². The third-order valence-electron chi connectivity index (χ3n) is 2.22. The van der Waals surface area contributed by atoms with Gasteiger partial charge in [-0.1, -0.05) is 27.3 Å². The number of hydrogen-bond acceptors (Lipinski definition) is 6. The van der Waals surface area contributed by atoms with Crippen LogP contribution in [0.15, 0.2) is 46.6 Å². The molecule has 2 aromatic heterocycles. The van der Waals surface area contributed by atoms with Gasteiger partial charge in [0.2, 0.25) is 5.16 Å². The van der Waals surface area contributed by atoms with Gasteiger partial charge in [0, 0.05) is 4.47 Å². The minimum Gasteiger partial charge on any atom is -0.221 e. The van der Waals surface area contributed by atoms with Gasteiger partial charge in [-0.3, -0.25) is 0 Å². The molecule has 10 heteroatoms. The Kier molecular flexibility index (Phi) is 4.55. The van der Waals surface area contributed by atoms with Crippen LogP contribution >= 0.6 is 70.9 Å². The number of thiazole rings is 1. The van der Waals surface area contributed by atoms with Crippen LogP contribution in [0.5, 0.6) is 0 Å². The first-order chi connectivity index (χ1) is 9.63. The molecule has 0 fully saturated rings. The summed E-state index contributed by atoms with van der Waals surface area (Å²) in [6.07, 6.45) is 0. The van der Waals surface area contributed by atoms with E-state index in [1.54, 1.807) is 4.68 Å². The van der Waals surface area contributed by atoms with Gasteiger partial charge in [0.25, 0.3) is 0 Å². The van der Waals surface area contributed by atoms with Crippen molar-refractivity contribution in [3.05, 3.63) is 37.1 Å². The molecule has 0 N–H and O–H groups in total. The first kappa shape index (κ1) is 14.6. The minimum absolute atomic E-state index is 0.668. The van der Waals surface area contributed by atoms with E-state index < -0.39 is 0 Å². The second-order valence-corrected chi connectivity index (χ2v) is 8.69. The van der Waals surface area contributed by atoms with Gasteiger partial charge in [-0.05, 0) is 78.3 Å². The smallest absolute Gasteiger partial charge is 0.221 e. The van der Waals surface area contributed by atoms with Crippen LogP contribution in [-0.4, -0.2) is 25.2 Å². The summed E-state index contributed by atoms with van der Waals surface area (Å²) in [6.45, 7) is 0. The van der Waals surface area contributed by atoms with E-state index in [0.717, 1.165) is 22.9 Å². The second-order valence-electron chi connectivity index (χ2n) is 3.50. The number of rotatable bonds is 3. The Morgan fingerprint density at radius 3 is 2.50 bits per heavy atom. The lowest BCUT2D eigenvalue weighted by Crippen LogP contribution is -1.98. The number of hydrogen-bond donors (Lipinski definition) is 0. The standard InChI is InChI=1S/C10H4Br3N5S2/c11-5-1-3-6(4-2-5)18-9(15-16-17-18)20-10-14-7(12)8(13)19-10/h1-4H. The Bertz CT molecular complexity index is 720. The van der Waals surface area contributed by atoms with Crippen molar-refractivity contribution >= 4 is 70.9 Å². The molecule has 0 bridgehead atoms. The molecule has 20 heavy (non-hydrogen) atoms. The molecule has 0 radical (unpaired) electrons. The quantitative estimate of drug-likeness (QED) is 0.531. The van der Waals surface area contributed by atoms with Crippen LogP contribution in [0.2, 0.25) is 0 Å².